The second-order valence-electron chi connectivity index (χ2n) is 2.35. The Balaban J connectivity index is 2.10. The smallest absolute Gasteiger partial charge is 0.111 e. The Bertz CT molecular complexity index is 236. The predicted molar refractivity (Wildman–Crippen MR) is 56.5 cm³/mol. The van der Waals surface area contributed by atoms with E-state index >= 15 is 0 Å². The zero-order valence-corrected chi connectivity index (χ0v) is 8.40. The first-order valence-corrected chi connectivity index (χ1v) is 4.99. The summed E-state index contributed by atoms with van der Waals surface area (Å²) in [6, 6.07) is 10.1. The molecule has 0 N–H and O–H groups in total. The maximum Gasteiger partial charge on any atom is 0.111 e. The van der Waals surface area contributed by atoms with Gasteiger partial charge in [-0.25, -0.2) is 0 Å². The Morgan fingerprint density at radius 1 is 1.23 bits per heavy atom. The molecule has 0 radical (unpaired) electrons. The minimum absolute atomic E-state index is 0.401. The first-order valence-electron chi connectivity index (χ1n) is 4.09. The standard InChI is InChI=1S/C10H13O2P/c1-2-11-8-9-12-13-10-6-4-3-5-7-10/h2-7,13H,1,8-9H2. The van der Waals surface area contributed by atoms with Gasteiger partial charge in [0.15, 0.2) is 0 Å². The van der Waals surface area contributed by atoms with Gasteiger partial charge >= 0.3 is 0 Å². The predicted octanol–water partition coefficient (Wildman–Crippen LogP) is 2.08. The molecule has 0 spiro atoms. The average molecular weight is 196 g/mol. The molecule has 70 valence electrons. The molecule has 0 saturated heterocycles. The second kappa shape index (κ2) is 6.64. The van der Waals surface area contributed by atoms with E-state index in [0.29, 0.717) is 22.0 Å². The lowest BCUT2D eigenvalue weighted by atomic mass is 10.4. The van der Waals surface area contributed by atoms with Gasteiger partial charge in [-0.05, 0) is 5.30 Å². The van der Waals surface area contributed by atoms with Crippen LogP contribution in [0.3, 0.4) is 0 Å². The molecule has 0 aliphatic rings. The van der Waals surface area contributed by atoms with Crippen molar-refractivity contribution in [3.8, 4) is 0 Å². The van der Waals surface area contributed by atoms with Crippen molar-refractivity contribution in [2.24, 2.45) is 0 Å². The Hall–Kier alpha value is -0.850. The van der Waals surface area contributed by atoms with Crippen LogP contribution < -0.4 is 5.30 Å². The van der Waals surface area contributed by atoms with Gasteiger partial charge in [-0.1, -0.05) is 36.9 Å². The molecule has 0 saturated carbocycles. The molecule has 1 aromatic rings. The molecule has 0 aliphatic heterocycles. The number of ether oxygens (including phenoxy) is 1. The van der Waals surface area contributed by atoms with Gasteiger partial charge in [0.2, 0.25) is 0 Å². The summed E-state index contributed by atoms with van der Waals surface area (Å²) in [5.41, 5.74) is 0. The Morgan fingerprint density at radius 3 is 2.69 bits per heavy atom. The monoisotopic (exact) mass is 196 g/mol. The lowest BCUT2D eigenvalue weighted by Crippen LogP contribution is -1.99. The largest absolute Gasteiger partial charge is 0.499 e. The van der Waals surface area contributed by atoms with Gasteiger partial charge in [0, 0.05) is 8.81 Å². The minimum atomic E-state index is 0.401. The summed E-state index contributed by atoms with van der Waals surface area (Å²) in [6.45, 7) is 4.62. The van der Waals surface area contributed by atoms with E-state index in [1.54, 1.807) is 0 Å². The van der Waals surface area contributed by atoms with Gasteiger partial charge in [0.25, 0.3) is 0 Å². The number of benzene rings is 1. The summed E-state index contributed by atoms with van der Waals surface area (Å²) in [5, 5.41) is 1.21. The summed E-state index contributed by atoms with van der Waals surface area (Å²) < 4.78 is 10.3. The molecule has 0 amide bonds. The zero-order valence-electron chi connectivity index (χ0n) is 7.40. The van der Waals surface area contributed by atoms with E-state index in [-0.39, 0.29) is 0 Å². The van der Waals surface area contributed by atoms with E-state index in [1.165, 1.54) is 11.6 Å². The van der Waals surface area contributed by atoms with Gasteiger partial charge in [-0.3, -0.25) is 0 Å². The van der Waals surface area contributed by atoms with Crippen LogP contribution in [0.15, 0.2) is 43.2 Å². The Labute approximate surface area is 80.4 Å². The topological polar surface area (TPSA) is 18.5 Å². The third-order valence-electron chi connectivity index (χ3n) is 1.38. The first-order chi connectivity index (χ1) is 6.43. The van der Waals surface area contributed by atoms with Crippen molar-refractivity contribution in [3.05, 3.63) is 43.2 Å². The highest BCUT2D eigenvalue weighted by Crippen LogP contribution is 2.10. The highest BCUT2D eigenvalue weighted by atomic mass is 31.1. The Morgan fingerprint density at radius 2 is 2.00 bits per heavy atom. The third kappa shape index (κ3) is 4.66. The maximum atomic E-state index is 5.38. The molecule has 0 heterocycles. The van der Waals surface area contributed by atoms with Crippen LogP contribution in [-0.2, 0) is 9.26 Å². The van der Waals surface area contributed by atoms with Crippen LogP contribution in [0.25, 0.3) is 0 Å². The van der Waals surface area contributed by atoms with E-state index < -0.39 is 0 Å². The molecular weight excluding hydrogens is 183 g/mol. The first kappa shape index (κ1) is 10.2. The van der Waals surface area contributed by atoms with E-state index in [2.05, 4.69) is 6.58 Å². The summed E-state index contributed by atoms with van der Waals surface area (Å²) in [6.07, 6.45) is 1.43. The zero-order chi connectivity index (χ0) is 9.36. The number of hydrogen-bond acceptors (Lipinski definition) is 2. The average Bonchev–Trinajstić information content (AvgIpc) is 2.19. The molecule has 0 fully saturated rings. The van der Waals surface area contributed by atoms with Gasteiger partial charge in [0.1, 0.15) is 6.61 Å². The van der Waals surface area contributed by atoms with Crippen molar-refractivity contribution in [1.82, 2.24) is 0 Å². The molecule has 3 heteroatoms. The lowest BCUT2D eigenvalue weighted by molar-refractivity contribution is 0.192. The van der Waals surface area contributed by atoms with Crippen LogP contribution >= 0.6 is 8.81 Å². The van der Waals surface area contributed by atoms with Gasteiger partial charge in [-0.15, -0.1) is 0 Å². The summed E-state index contributed by atoms with van der Waals surface area (Å²) in [7, 11) is 0.401. The lowest BCUT2D eigenvalue weighted by Gasteiger charge is -2.03. The van der Waals surface area contributed by atoms with Crippen molar-refractivity contribution in [3.63, 3.8) is 0 Å². The van der Waals surface area contributed by atoms with Crippen molar-refractivity contribution in [1.29, 1.82) is 0 Å². The minimum Gasteiger partial charge on any atom is -0.499 e. The Kier molecular flexibility index (Phi) is 5.23. The molecule has 1 rings (SSSR count). The van der Waals surface area contributed by atoms with E-state index in [1.807, 2.05) is 30.3 Å². The van der Waals surface area contributed by atoms with Gasteiger partial charge < -0.3 is 9.26 Å². The van der Waals surface area contributed by atoms with Crippen LogP contribution in [0.2, 0.25) is 0 Å². The molecule has 13 heavy (non-hydrogen) atoms. The fourth-order valence-electron chi connectivity index (χ4n) is 0.814. The van der Waals surface area contributed by atoms with Crippen molar-refractivity contribution in [2.75, 3.05) is 13.2 Å². The van der Waals surface area contributed by atoms with Crippen molar-refractivity contribution < 1.29 is 9.26 Å². The molecule has 1 unspecified atom stereocenters. The molecule has 0 aromatic heterocycles. The normalized spacial score (nSPS) is 10.5. The molecule has 0 bridgehead atoms. The van der Waals surface area contributed by atoms with Gasteiger partial charge in [-0.2, -0.15) is 0 Å². The summed E-state index contributed by atoms with van der Waals surface area (Å²) >= 11 is 0. The molecule has 0 aliphatic carbocycles. The van der Waals surface area contributed by atoms with Crippen LogP contribution in [0.1, 0.15) is 0 Å². The summed E-state index contributed by atoms with van der Waals surface area (Å²) in [5.74, 6) is 0. The van der Waals surface area contributed by atoms with Crippen LogP contribution in [0, 0.1) is 0 Å². The van der Waals surface area contributed by atoms with Crippen molar-refractivity contribution >= 4 is 14.1 Å². The fraction of sp³-hybridized carbons (Fsp3) is 0.200. The van der Waals surface area contributed by atoms with Crippen LogP contribution in [0.4, 0.5) is 0 Å². The van der Waals surface area contributed by atoms with Crippen LogP contribution in [0.5, 0.6) is 0 Å². The third-order valence-corrected chi connectivity index (χ3v) is 2.30. The number of hydrogen-bond donors (Lipinski definition) is 0. The van der Waals surface area contributed by atoms with Gasteiger partial charge in [0.05, 0.1) is 12.9 Å². The quantitative estimate of drug-likeness (QED) is 0.394. The highest BCUT2D eigenvalue weighted by molar-refractivity contribution is 7.41. The van der Waals surface area contributed by atoms with E-state index in [0.717, 1.165) is 0 Å². The summed E-state index contributed by atoms with van der Waals surface area (Å²) in [4.78, 5) is 0. The number of rotatable bonds is 6. The molecule has 2 nitrogen and oxygen atoms in total. The molecule has 1 aromatic carbocycles. The van der Waals surface area contributed by atoms with E-state index in [4.69, 9.17) is 9.26 Å². The second-order valence-corrected chi connectivity index (χ2v) is 3.42. The highest BCUT2D eigenvalue weighted by Gasteiger charge is 1.90. The van der Waals surface area contributed by atoms with Crippen LogP contribution in [-0.4, -0.2) is 13.2 Å². The SMILES string of the molecule is C=COCCOPc1ccccc1. The molecule has 1 atom stereocenters. The molecular formula is C10H13O2P. The fourth-order valence-corrected chi connectivity index (χ4v) is 1.49. The van der Waals surface area contributed by atoms with E-state index in [9.17, 15) is 0 Å². The van der Waals surface area contributed by atoms with Crippen molar-refractivity contribution in [2.45, 2.75) is 0 Å². The maximum absolute atomic E-state index is 5.38.